The van der Waals surface area contributed by atoms with Crippen LogP contribution in [0.2, 0.25) is 10.0 Å². The molecule has 1 rings (SSSR count). The van der Waals surface area contributed by atoms with Gasteiger partial charge in [-0.25, -0.2) is 0 Å². The van der Waals surface area contributed by atoms with Crippen LogP contribution in [0.5, 0.6) is 0 Å². The summed E-state index contributed by atoms with van der Waals surface area (Å²) >= 11 is 11.7. The van der Waals surface area contributed by atoms with Gasteiger partial charge in [0.1, 0.15) is 6.10 Å². The average molecular weight is 293 g/mol. The number of carbonyl (C=O) groups excluding carboxylic acids is 1. The van der Waals surface area contributed by atoms with Crippen molar-refractivity contribution in [3.63, 3.8) is 0 Å². The van der Waals surface area contributed by atoms with Crippen LogP contribution in [0, 0.1) is 0 Å². The molecule has 2 atom stereocenters. The first-order chi connectivity index (χ1) is 8.41. The van der Waals surface area contributed by atoms with Crippen LogP contribution in [-0.4, -0.2) is 35.3 Å². The molecule has 2 unspecified atom stereocenters. The Morgan fingerprint density at radius 1 is 1.33 bits per heavy atom. The Kier molecular flexibility index (Phi) is 5.84. The minimum atomic E-state index is -1.29. The maximum absolute atomic E-state index is 10.6. The van der Waals surface area contributed by atoms with Crippen LogP contribution in [0.3, 0.4) is 0 Å². The Bertz CT molecular complexity index is 429. The molecule has 18 heavy (non-hydrogen) atoms. The van der Waals surface area contributed by atoms with E-state index in [0.717, 1.165) is 0 Å². The first-order valence-corrected chi connectivity index (χ1v) is 5.98. The third kappa shape index (κ3) is 4.44. The normalized spacial score (nSPS) is 14.2. The van der Waals surface area contributed by atoms with Gasteiger partial charge in [-0.1, -0.05) is 23.2 Å². The number of aliphatic hydroxyl groups is 2. The molecule has 100 valence electrons. The second-order valence-electron chi connectivity index (χ2n) is 3.76. The highest BCUT2D eigenvalue weighted by atomic mass is 35.5. The number of benzene rings is 1. The number of halogens is 2. The van der Waals surface area contributed by atoms with Crippen LogP contribution in [-0.2, 0) is 4.79 Å². The number of primary amides is 1. The zero-order valence-corrected chi connectivity index (χ0v) is 10.9. The van der Waals surface area contributed by atoms with Crippen LogP contribution in [0.25, 0.3) is 0 Å². The van der Waals surface area contributed by atoms with Gasteiger partial charge in [0.25, 0.3) is 0 Å². The van der Waals surface area contributed by atoms with Gasteiger partial charge in [0.2, 0.25) is 5.91 Å². The van der Waals surface area contributed by atoms with Crippen molar-refractivity contribution in [1.82, 2.24) is 5.32 Å². The molecule has 1 aromatic rings. The summed E-state index contributed by atoms with van der Waals surface area (Å²) in [4.78, 5) is 10.6. The molecule has 0 aliphatic carbocycles. The Morgan fingerprint density at radius 3 is 2.61 bits per heavy atom. The minimum absolute atomic E-state index is 0.0371. The molecular formula is C11H14Cl2N2O3. The smallest absolute Gasteiger partial charge is 0.247 e. The quantitative estimate of drug-likeness (QED) is 0.613. The lowest BCUT2D eigenvalue weighted by atomic mass is 10.1. The monoisotopic (exact) mass is 292 g/mol. The van der Waals surface area contributed by atoms with Crippen molar-refractivity contribution < 1.29 is 15.0 Å². The highest BCUT2D eigenvalue weighted by molar-refractivity contribution is 6.33. The molecule has 0 heterocycles. The van der Waals surface area contributed by atoms with Crippen molar-refractivity contribution in [1.29, 1.82) is 0 Å². The minimum Gasteiger partial charge on any atom is -0.387 e. The lowest BCUT2D eigenvalue weighted by Crippen LogP contribution is -2.38. The Hall–Kier alpha value is -0.850. The van der Waals surface area contributed by atoms with Gasteiger partial charge in [-0.05, 0) is 18.2 Å². The van der Waals surface area contributed by atoms with Crippen LogP contribution in [0.4, 0.5) is 0 Å². The van der Waals surface area contributed by atoms with Gasteiger partial charge >= 0.3 is 0 Å². The van der Waals surface area contributed by atoms with Crippen molar-refractivity contribution in [3.05, 3.63) is 33.8 Å². The Labute approximate surface area is 115 Å². The summed E-state index contributed by atoms with van der Waals surface area (Å²) in [5.74, 6) is -0.822. The van der Waals surface area contributed by atoms with Crippen molar-refractivity contribution in [2.24, 2.45) is 5.73 Å². The fourth-order valence-electron chi connectivity index (χ4n) is 1.34. The molecule has 0 spiro atoms. The number of nitrogens with one attached hydrogen (secondary N) is 1. The molecule has 0 radical (unpaired) electrons. The van der Waals surface area contributed by atoms with E-state index in [1.54, 1.807) is 18.2 Å². The topological polar surface area (TPSA) is 95.6 Å². The van der Waals surface area contributed by atoms with E-state index < -0.39 is 18.1 Å². The van der Waals surface area contributed by atoms with Crippen molar-refractivity contribution in [2.75, 3.05) is 13.1 Å². The van der Waals surface area contributed by atoms with Gasteiger partial charge in [0.05, 0.1) is 6.10 Å². The SMILES string of the molecule is NC(=O)C(O)CNCC(O)c1cc(Cl)ccc1Cl. The molecule has 0 bridgehead atoms. The molecule has 0 saturated heterocycles. The average Bonchev–Trinajstić information content (AvgIpc) is 2.31. The van der Waals surface area contributed by atoms with E-state index >= 15 is 0 Å². The van der Waals surface area contributed by atoms with Gasteiger partial charge in [-0.15, -0.1) is 0 Å². The van der Waals surface area contributed by atoms with Crippen LogP contribution in [0.15, 0.2) is 18.2 Å². The number of hydrogen-bond acceptors (Lipinski definition) is 4. The fraction of sp³-hybridized carbons (Fsp3) is 0.364. The number of hydrogen-bond donors (Lipinski definition) is 4. The van der Waals surface area contributed by atoms with E-state index in [2.05, 4.69) is 5.32 Å². The number of carbonyl (C=O) groups is 1. The zero-order valence-electron chi connectivity index (χ0n) is 9.44. The number of rotatable bonds is 6. The molecule has 0 aromatic heterocycles. The maximum Gasteiger partial charge on any atom is 0.247 e. The van der Waals surface area contributed by atoms with E-state index in [1.165, 1.54) is 0 Å². The maximum atomic E-state index is 10.6. The summed E-state index contributed by atoms with van der Waals surface area (Å²) in [5, 5.41) is 22.6. The zero-order chi connectivity index (χ0) is 13.7. The summed E-state index contributed by atoms with van der Waals surface area (Å²) in [6.45, 7) is 0.0784. The standard InChI is InChI=1S/C11H14Cl2N2O3/c12-6-1-2-8(13)7(3-6)9(16)4-15-5-10(17)11(14)18/h1-3,9-10,15-17H,4-5H2,(H2,14,18). The van der Waals surface area contributed by atoms with E-state index in [4.69, 9.17) is 34.0 Å². The van der Waals surface area contributed by atoms with Crippen molar-refractivity contribution in [3.8, 4) is 0 Å². The predicted molar refractivity (Wildman–Crippen MR) is 69.5 cm³/mol. The number of nitrogens with two attached hydrogens (primary N) is 1. The highest BCUT2D eigenvalue weighted by Gasteiger charge is 2.14. The van der Waals surface area contributed by atoms with E-state index in [0.29, 0.717) is 15.6 Å². The predicted octanol–water partition coefficient (Wildman–Crippen LogP) is 0.463. The summed E-state index contributed by atoms with van der Waals surface area (Å²) in [5.41, 5.74) is 5.36. The first kappa shape index (κ1) is 15.2. The lowest BCUT2D eigenvalue weighted by molar-refractivity contribution is -0.125. The molecular weight excluding hydrogens is 279 g/mol. The van der Waals surface area contributed by atoms with Crippen LogP contribution < -0.4 is 11.1 Å². The Morgan fingerprint density at radius 2 is 2.00 bits per heavy atom. The summed E-state index contributed by atoms with van der Waals surface area (Å²) in [7, 11) is 0. The van der Waals surface area contributed by atoms with Gasteiger partial charge in [-0.2, -0.15) is 0 Å². The van der Waals surface area contributed by atoms with Gasteiger partial charge in [-0.3, -0.25) is 4.79 Å². The number of aliphatic hydroxyl groups excluding tert-OH is 2. The molecule has 1 aromatic carbocycles. The summed E-state index contributed by atoms with van der Waals surface area (Å²) in [6.07, 6.45) is -2.18. The molecule has 0 aliphatic rings. The molecule has 7 heteroatoms. The van der Waals surface area contributed by atoms with Crippen molar-refractivity contribution >= 4 is 29.1 Å². The first-order valence-electron chi connectivity index (χ1n) is 5.23. The fourth-order valence-corrected chi connectivity index (χ4v) is 1.76. The second kappa shape index (κ2) is 6.92. The summed E-state index contributed by atoms with van der Waals surface area (Å²) in [6, 6.07) is 4.76. The Balaban J connectivity index is 2.52. The molecule has 0 saturated carbocycles. The summed E-state index contributed by atoms with van der Waals surface area (Å²) < 4.78 is 0. The second-order valence-corrected chi connectivity index (χ2v) is 4.60. The molecule has 5 N–H and O–H groups in total. The third-order valence-electron chi connectivity index (χ3n) is 2.32. The molecule has 1 amide bonds. The van der Waals surface area contributed by atoms with E-state index in [-0.39, 0.29) is 13.1 Å². The largest absolute Gasteiger partial charge is 0.387 e. The van der Waals surface area contributed by atoms with Crippen LogP contribution in [0.1, 0.15) is 11.7 Å². The third-order valence-corrected chi connectivity index (χ3v) is 2.90. The van der Waals surface area contributed by atoms with E-state index in [9.17, 15) is 9.90 Å². The highest BCUT2D eigenvalue weighted by Crippen LogP contribution is 2.25. The molecule has 0 aliphatic heterocycles. The molecule has 0 fully saturated rings. The van der Waals surface area contributed by atoms with Crippen LogP contribution >= 0.6 is 23.2 Å². The van der Waals surface area contributed by atoms with Crippen molar-refractivity contribution in [2.45, 2.75) is 12.2 Å². The molecule has 5 nitrogen and oxygen atoms in total. The number of amides is 1. The lowest BCUT2D eigenvalue weighted by Gasteiger charge is -2.15. The van der Waals surface area contributed by atoms with Gasteiger partial charge in [0, 0.05) is 28.7 Å². The van der Waals surface area contributed by atoms with E-state index in [1.807, 2.05) is 0 Å². The van der Waals surface area contributed by atoms with Gasteiger partial charge in [0.15, 0.2) is 0 Å². The van der Waals surface area contributed by atoms with Gasteiger partial charge < -0.3 is 21.3 Å².